The molecule has 8 rings (SSSR count). The molecule has 61 heavy (non-hydrogen) atoms. The number of nitrogens with one attached hydrogen (secondary N) is 3. The number of aromatic amines is 1. The van der Waals surface area contributed by atoms with Gasteiger partial charge in [0.15, 0.2) is 0 Å². The summed E-state index contributed by atoms with van der Waals surface area (Å²) in [5, 5.41) is 5.45. The zero-order valence-electron chi connectivity index (χ0n) is 35.5. The van der Waals surface area contributed by atoms with E-state index in [4.69, 9.17) is 24.2 Å². The number of hydrogen-bond acceptors (Lipinski definition) is 9. The van der Waals surface area contributed by atoms with Gasteiger partial charge in [-0.1, -0.05) is 70.2 Å². The smallest absolute Gasteiger partial charge is 0.407 e. The largest absolute Gasteiger partial charge is 0.457 e. The standard InChI is InChI=1S/C47H53N7O7/c1-27(2)40(51-45(57)59-5)43(55)53-20-10-14-36(53)34-23-31(25-48-34)29-16-18-32-39(24-29)61-38-19-17-30(22-33(38)47(32,3)4)35-26-49-42(50-35)37-15-11-21-54(37)44(56)41(52-46(58)60-6)28-12-8-7-9-13-28/h7-9,12-13,16-19,22,24-27,36-37,40-41H,10-11,14-15,20-21,23H2,1-6H3,(H,49,50)(H,51,57)(H,52,58)/t36-,37-,40-,41+/m0/s1. The number of alkyl carbamates (subject to hydrolysis) is 2. The lowest BCUT2D eigenvalue weighted by molar-refractivity contribution is -0.135. The Kier molecular flexibility index (Phi) is 11.4. The molecule has 0 saturated carbocycles. The summed E-state index contributed by atoms with van der Waals surface area (Å²) in [6, 6.07) is 19.7. The predicted octanol–water partition coefficient (Wildman–Crippen LogP) is 7.83. The van der Waals surface area contributed by atoms with E-state index in [-0.39, 0.29) is 29.8 Å². The van der Waals surface area contributed by atoms with E-state index in [0.717, 1.165) is 76.4 Å². The molecule has 2 fully saturated rings. The summed E-state index contributed by atoms with van der Waals surface area (Å²) < 4.78 is 16.3. The minimum Gasteiger partial charge on any atom is -0.457 e. The molecule has 0 radical (unpaired) electrons. The van der Waals surface area contributed by atoms with Gasteiger partial charge in [0.1, 0.15) is 29.4 Å². The van der Waals surface area contributed by atoms with E-state index in [2.05, 4.69) is 53.7 Å². The van der Waals surface area contributed by atoms with Crippen LogP contribution in [0.3, 0.4) is 0 Å². The summed E-state index contributed by atoms with van der Waals surface area (Å²) in [4.78, 5) is 68.8. The summed E-state index contributed by atoms with van der Waals surface area (Å²) in [5.41, 5.74) is 7.16. The molecule has 318 valence electrons. The maximum atomic E-state index is 14.0. The minimum absolute atomic E-state index is 0.104. The number of carbonyl (C=O) groups is 4. The van der Waals surface area contributed by atoms with E-state index >= 15 is 0 Å². The molecule has 4 aromatic rings. The molecule has 14 heteroatoms. The first-order valence-corrected chi connectivity index (χ1v) is 21.0. The lowest BCUT2D eigenvalue weighted by atomic mass is 9.75. The number of hydrogen-bond donors (Lipinski definition) is 3. The number of amides is 4. The number of aromatic nitrogens is 2. The SMILES string of the molecule is COC(=O)N[C@H](C(=O)N1CCC[C@H]1C1=NC=C(c2ccc3c(c2)Oc2ccc(-c4cnc([C@@H]5CCCN5C(=O)[C@H](NC(=O)OC)c5ccccc5)[nH]4)cc2C3(C)C)C1)C(C)C. The van der Waals surface area contributed by atoms with Crippen LogP contribution in [0, 0.1) is 5.92 Å². The van der Waals surface area contributed by atoms with Crippen LogP contribution in [-0.2, 0) is 24.5 Å². The Hall–Kier alpha value is -6.44. The van der Waals surface area contributed by atoms with E-state index < -0.39 is 29.7 Å². The molecule has 0 aliphatic carbocycles. The molecule has 4 aliphatic heterocycles. The molecular weight excluding hydrogens is 775 g/mol. The Bertz CT molecular complexity index is 2400. The number of imidazole rings is 1. The van der Waals surface area contributed by atoms with E-state index in [0.29, 0.717) is 30.9 Å². The van der Waals surface area contributed by atoms with Crippen LogP contribution in [-0.4, -0.2) is 88.9 Å². The molecule has 1 aromatic heterocycles. The van der Waals surface area contributed by atoms with Crippen LogP contribution in [0.1, 0.15) is 100.0 Å². The highest BCUT2D eigenvalue weighted by Gasteiger charge is 2.40. The van der Waals surface area contributed by atoms with Crippen LogP contribution in [0.5, 0.6) is 11.5 Å². The molecule has 4 aliphatic rings. The number of likely N-dealkylation sites (tertiary alicyclic amines) is 2. The van der Waals surface area contributed by atoms with Crippen molar-refractivity contribution in [1.29, 1.82) is 0 Å². The fourth-order valence-corrected chi connectivity index (χ4v) is 9.19. The first kappa shape index (κ1) is 41.3. The third kappa shape index (κ3) is 7.98. The molecule has 0 spiro atoms. The Morgan fingerprint density at radius 1 is 0.820 bits per heavy atom. The van der Waals surface area contributed by atoms with Gasteiger partial charge in [-0.3, -0.25) is 14.6 Å². The number of allylic oxidation sites excluding steroid dienone is 1. The molecule has 4 amide bonds. The topological polar surface area (TPSA) is 168 Å². The lowest BCUT2D eigenvalue weighted by Gasteiger charge is -2.35. The number of H-pyrrole nitrogens is 1. The van der Waals surface area contributed by atoms with Crippen molar-refractivity contribution in [1.82, 2.24) is 30.4 Å². The first-order valence-electron chi connectivity index (χ1n) is 21.0. The fraction of sp³-hybridized carbons (Fsp3) is 0.404. The second-order valence-electron chi connectivity index (χ2n) is 17.0. The second-order valence-corrected chi connectivity index (χ2v) is 17.0. The predicted molar refractivity (Wildman–Crippen MR) is 230 cm³/mol. The molecule has 0 unspecified atom stereocenters. The van der Waals surface area contributed by atoms with Crippen molar-refractivity contribution in [3.63, 3.8) is 0 Å². The number of methoxy groups -OCH3 is 2. The van der Waals surface area contributed by atoms with Gasteiger partial charge in [-0.2, -0.15) is 0 Å². The van der Waals surface area contributed by atoms with Crippen molar-refractivity contribution in [2.24, 2.45) is 10.9 Å². The highest BCUT2D eigenvalue weighted by atomic mass is 16.5. The summed E-state index contributed by atoms with van der Waals surface area (Å²) >= 11 is 0. The molecule has 0 bridgehead atoms. The molecular formula is C47H53N7O7. The number of fused-ring (bicyclic) bond motifs is 2. The fourth-order valence-electron chi connectivity index (χ4n) is 9.19. The van der Waals surface area contributed by atoms with E-state index in [1.54, 1.807) is 4.90 Å². The van der Waals surface area contributed by atoms with Gasteiger partial charge in [-0.25, -0.2) is 14.6 Å². The van der Waals surface area contributed by atoms with Gasteiger partial charge in [0.25, 0.3) is 5.91 Å². The zero-order valence-corrected chi connectivity index (χ0v) is 35.5. The van der Waals surface area contributed by atoms with Crippen LogP contribution >= 0.6 is 0 Å². The Labute approximate surface area is 355 Å². The van der Waals surface area contributed by atoms with Crippen LogP contribution < -0.4 is 15.4 Å². The number of aliphatic imine (C=N–C) groups is 1. The van der Waals surface area contributed by atoms with Crippen molar-refractivity contribution >= 4 is 35.3 Å². The van der Waals surface area contributed by atoms with Gasteiger partial charge < -0.3 is 39.6 Å². The highest BCUT2D eigenvalue weighted by molar-refractivity contribution is 6.04. The average molecular weight is 828 g/mol. The number of benzene rings is 3. The lowest BCUT2D eigenvalue weighted by Crippen LogP contribution is -2.53. The van der Waals surface area contributed by atoms with Gasteiger partial charge in [-0.05, 0) is 72.6 Å². The number of ether oxygens (including phenoxy) is 3. The van der Waals surface area contributed by atoms with Gasteiger partial charge in [0, 0.05) is 53.5 Å². The van der Waals surface area contributed by atoms with E-state index in [1.165, 1.54) is 14.2 Å². The molecule has 2 saturated heterocycles. The Balaban J connectivity index is 0.964. The third-order valence-electron chi connectivity index (χ3n) is 12.6. The molecule has 3 N–H and O–H groups in total. The maximum absolute atomic E-state index is 14.0. The molecule has 5 heterocycles. The Morgan fingerprint density at radius 3 is 2.23 bits per heavy atom. The molecule has 14 nitrogen and oxygen atoms in total. The van der Waals surface area contributed by atoms with Crippen molar-refractivity contribution in [2.75, 3.05) is 27.3 Å². The summed E-state index contributed by atoms with van der Waals surface area (Å²) in [6.45, 7) is 9.38. The van der Waals surface area contributed by atoms with Gasteiger partial charge in [-0.15, -0.1) is 0 Å². The number of carbonyl (C=O) groups excluding carboxylic acids is 4. The monoisotopic (exact) mass is 827 g/mol. The highest BCUT2D eigenvalue weighted by Crippen LogP contribution is 2.50. The molecule has 4 atom stereocenters. The van der Waals surface area contributed by atoms with Crippen LogP contribution in [0.25, 0.3) is 16.8 Å². The summed E-state index contributed by atoms with van der Waals surface area (Å²) in [7, 11) is 2.58. The normalized spacial score (nSPS) is 19.9. The number of rotatable bonds is 10. The van der Waals surface area contributed by atoms with E-state index in [1.807, 2.05) is 73.6 Å². The van der Waals surface area contributed by atoms with Gasteiger partial charge in [0.2, 0.25) is 5.91 Å². The first-order chi connectivity index (χ1) is 29.4. The van der Waals surface area contributed by atoms with Crippen LogP contribution in [0.2, 0.25) is 0 Å². The third-order valence-corrected chi connectivity index (χ3v) is 12.6. The minimum atomic E-state index is -0.895. The van der Waals surface area contributed by atoms with Crippen molar-refractivity contribution in [3.8, 4) is 22.8 Å². The van der Waals surface area contributed by atoms with Crippen molar-refractivity contribution in [3.05, 3.63) is 107 Å². The quantitative estimate of drug-likeness (QED) is 0.146. The number of nitrogens with zero attached hydrogens (tertiary/aromatic N) is 4. The maximum Gasteiger partial charge on any atom is 0.407 e. The average Bonchev–Trinajstić information content (AvgIpc) is 4.11. The van der Waals surface area contributed by atoms with Crippen molar-refractivity contribution in [2.45, 2.75) is 89.4 Å². The Morgan fingerprint density at radius 2 is 1.51 bits per heavy atom. The van der Waals surface area contributed by atoms with Crippen LogP contribution in [0.4, 0.5) is 9.59 Å². The van der Waals surface area contributed by atoms with Gasteiger partial charge in [0.05, 0.1) is 38.2 Å². The van der Waals surface area contributed by atoms with Crippen LogP contribution in [0.15, 0.2) is 84.1 Å². The van der Waals surface area contributed by atoms with Gasteiger partial charge >= 0.3 is 12.2 Å². The molecule has 3 aromatic carbocycles. The van der Waals surface area contributed by atoms with E-state index in [9.17, 15) is 19.2 Å². The summed E-state index contributed by atoms with van der Waals surface area (Å²) in [6.07, 6.45) is 6.26. The zero-order chi connectivity index (χ0) is 43.0. The summed E-state index contributed by atoms with van der Waals surface area (Å²) in [5.74, 6) is 1.80. The second kappa shape index (κ2) is 16.9. The van der Waals surface area contributed by atoms with Crippen molar-refractivity contribution < 1.29 is 33.4 Å².